The van der Waals surface area contributed by atoms with E-state index >= 15 is 0 Å². The van der Waals surface area contributed by atoms with Crippen LogP contribution in [0.25, 0.3) is 0 Å². The van der Waals surface area contributed by atoms with Crippen LogP contribution in [0.1, 0.15) is 18.9 Å². The Balaban J connectivity index is 2.12. The second-order valence-electron chi connectivity index (χ2n) is 5.32. The van der Waals surface area contributed by atoms with Gasteiger partial charge in [0.25, 0.3) is 0 Å². The number of ether oxygens (including phenoxy) is 1. The molecule has 2 aromatic rings. The van der Waals surface area contributed by atoms with Gasteiger partial charge in [0.2, 0.25) is 5.91 Å². The number of halogens is 4. The van der Waals surface area contributed by atoms with Gasteiger partial charge in [-0.1, -0.05) is 30.7 Å². The van der Waals surface area contributed by atoms with E-state index in [1.807, 2.05) is 6.92 Å². The molecule has 0 spiro atoms. The first-order valence-electron chi connectivity index (χ1n) is 7.82. The second kappa shape index (κ2) is 9.19. The minimum Gasteiger partial charge on any atom is -0.491 e. The van der Waals surface area contributed by atoms with Crippen molar-refractivity contribution in [2.45, 2.75) is 24.4 Å². The van der Waals surface area contributed by atoms with Crippen LogP contribution in [0, 0.1) is 0 Å². The van der Waals surface area contributed by atoms with Crippen LogP contribution in [-0.2, 0) is 11.0 Å². The fourth-order valence-corrected chi connectivity index (χ4v) is 3.07. The van der Waals surface area contributed by atoms with Crippen molar-refractivity contribution in [1.29, 1.82) is 0 Å². The summed E-state index contributed by atoms with van der Waals surface area (Å²) in [4.78, 5) is 12.9. The summed E-state index contributed by atoms with van der Waals surface area (Å²) in [5.41, 5.74) is -0.853. The highest BCUT2D eigenvalue weighted by molar-refractivity contribution is 8.00. The maximum absolute atomic E-state index is 12.9. The summed E-state index contributed by atoms with van der Waals surface area (Å²) in [7, 11) is 0. The quantitative estimate of drug-likeness (QED) is 0.587. The highest BCUT2D eigenvalue weighted by atomic mass is 35.5. The van der Waals surface area contributed by atoms with Crippen molar-refractivity contribution in [3.05, 3.63) is 53.1 Å². The van der Waals surface area contributed by atoms with Crippen molar-refractivity contribution < 1.29 is 22.7 Å². The van der Waals surface area contributed by atoms with Gasteiger partial charge in [0.1, 0.15) is 5.75 Å². The smallest absolute Gasteiger partial charge is 0.416 e. The van der Waals surface area contributed by atoms with Gasteiger partial charge in [0, 0.05) is 4.90 Å². The van der Waals surface area contributed by atoms with Crippen molar-refractivity contribution in [2.75, 3.05) is 17.7 Å². The minimum atomic E-state index is -4.50. The molecule has 0 atom stereocenters. The van der Waals surface area contributed by atoms with Crippen molar-refractivity contribution >= 4 is 35.0 Å². The Morgan fingerprint density at radius 1 is 1.23 bits per heavy atom. The third kappa shape index (κ3) is 5.85. The number of thioether (sulfide) groups is 1. The summed E-state index contributed by atoms with van der Waals surface area (Å²) in [5, 5.41) is 3.00. The largest absolute Gasteiger partial charge is 0.491 e. The molecule has 1 amide bonds. The van der Waals surface area contributed by atoms with Crippen LogP contribution in [0.5, 0.6) is 5.75 Å². The first-order chi connectivity index (χ1) is 12.3. The summed E-state index contributed by atoms with van der Waals surface area (Å²) in [6.07, 6.45) is -3.81. The molecule has 0 saturated carbocycles. The number of nitrogens with one attached hydrogen (secondary N) is 1. The van der Waals surface area contributed by atoms with E-state index in [1.54, 1.807) is 24.3 Å². The van der Waals surface area contributed by atoms with E-state index in [4.69, 9.17) is 16.3 Å². The van der Waals surface area contributed by atoms with Gasteiger partial charge in [-0.3, -0.25) is 4.79 Å². The Kier molecular flexibility index (Phi) is 7.23. The Morgan fingerprint density at radius 2 is 1.96 bits per heavy atom. The van der Waals surface area contributed by atoms with Crippen molar-refractivity contribution in [1.82, 2.24) is 0 Å². The van der Waals surface area contributed by atoms with E-state index in [2.05, 4.69) is 5.32 Å². The third-order valence-electron chi connectivity index (χ3n) is 3.24. The zero-order valence-corrected chi connectivity index (χ0v) is 15.5. The standard InChI is InChI=1S/C18H17ClF3NO2S/c1-2-9-25-15-8-7-12(18(20,21)22)10-14(15)23-17(24)11-26-16-6-4-3-5-13(16)19/h3-8,10H,2,9,11H2,1H3,(H,23,24). The van der Waals surface area contributed by atoms with Crippen LogP contribution in [0.3, 0.4) is 0 Å². The lowest BCUT2D eigenvalue weighted by molar-refractivity contribution is -0.137. The van der Waals surface area contributed by atoms with Gasteiger partial charge in [0.05, 0.1) is 28.6 Å². The average Bonchev–Trinajstić information content (AvgIpc) is 2.59. The predicted octanol–water partition coefficient (Wildman–Crippen LogP) is 5.88. The Labute approximate surface area is 158 Å². The molecular weight excluding hydrogens is 387 g/mol. The van der Waals surface area contributed by atoms with Gasteiger partial charge in [-0.2, -0.15) is 13.2 Å². The second-order valence-corrected chi connectivity index (χ2v) is 6.75. The first kappa shape index (κ1) is 20.5. The van der Waals surface area contributed by atoms with E-state index in [-0.39, 0.29) is 17.2 Å². The van der Waals surface area contributed by atoms with Crippen molar-refractivity contribution in [3.8, 4) is 5.75 Å². The number of alkyl halides is 3. The zero-order chi connectivity index (χ0) is 19.2. The van der Waals surface area contributed by atoms with Crippen LogP contribution < -0.4 is 10.1 Å². The SMILES string of the molecule is CCCOc1ccc(C(F)(F)F)cc1NC(=O)CSc1ccccc1Cl. The fourth-order valence-electron chi connectivity index (χ4n) is 2.03. The number of anilines is 1. The zero-order valence-electron chi connectivity index (χ0n) is 13.9. The topological polar surface area (TPSA) is 38.3 Å². The summed E-state index contributed by atoms with van der Waals surface area (Å²) < 4.78 is 44.2. The van der Waals surface area contributed by atoms with Gasteiger partial charge in [-0.15, -0.1) is 11.8 Å². The molecule has 3 nitrogen and oxygen atoms in total. The summed E-state index contributed by atoms with van der Waals surface area (Å²) in [6.45, 7) is 2.21. The van der Waals surface area contributed by atoms with Crippen molar-refractivity contribution in [3.63, 3.8) is 0 Å². The van der Waals surface area contributed by atoms with Crippen LogP contribution >= 0.6 is 23.4 Å². The molecule has 0 heterocycles. The molecule has 8 heteroatoms. The predicted molar refractivity (Wildman–Crippen MR) is 98.0 cm³/mol. The van der Waals surface area contributed by atoms with E-state index in [9.17, 15) is 18.0 Å². The number of amides is 1. The Bertz CT molecular complexity index is 768. The highest BCUT2D eigenvalue weighted by Crippen LogP contribution is 2.35. The van der Waals surface area contributed by atoms with E-state index in [1.165, 1.54) is 17.8 Å². The molecule has 2 rings (SSSR count). The van der Waals surface area contributed by atoms with Crippen molar-refractivity contribution in [2.24, 2.45) is 0 Å². The molecular formula is C18H17ClF3NO2S. The molecule has 1 N–H and O–H groups in total. The molecule has 140 valence electrons. The Morgan fingerprint density at radius 3 is 2.62 bits per heavy atom. The van der Waals surface area contributed by atoms with Crippen LogP contribution in [0.15, 0.2) is 47.4 Å². The molecule has 0 unspecified atom stereocenters. The number of carbonyl (C=O) groups excluding carboxylic acids is 1. The molecule has 0 saturated heterocycles. The van der Waals surface area contributed by atoms with Gasteiger partial charge in [0.15, 0.2) is 0 Å². The lowest BCUT2D eigenvalue weighted by Crippen LogP contribution is -2.16. The summed E-state index contributed by atoms with van der Waals surface area (Å²) in [6, 6.07) is 10.0. The molecule has 0 aliphatic heterocycles. The molecule has 0 radical (unpaired) electrons. The van der Waals surface area contributed by atoms with Gasteiger partial charge >= 0.3 is 6.18 Å². The first-order valence-corrected chi connectivity index (χ1v) is 9.19. The summed E-state index contributed by atoms with van der Waals surface area (Å²) in [5.74, 6) is -0.237. The van der Waals surface area contributed by atoms with Crippen LogP contribution in [-0.4, -0.2) is 18.3 Å². The molecule has 0 bridgehead atoms. The molecule has 0 aliphatic carbocycles. The lowest BCUT2D eigenvalue weighted by atomic mass is 10.1. The number of benzene rings is 2. The number of hydrogen-bond donors (Lipinski definition) is 1. The maximum Gasteiger partial charge on any atom is 0.416 e. The van der Waals surface area contributed by atoms with Gasteiger partial charge < -0.3 is 10.1 Å². The highest BCUT2D eigenvalue weighted by Gasteiger charge is 2.31. The summed E-state index contributed by atoms with van der Waals surface area (Å²) >= 11 is 7.22. The fraction of sp³-hybridized carbons (Fsp3) is 0.278. The van der Waals surface area contributed by atoms with Crippen LogP contribution in [0.4, 0.5) is 18.9 Å². The van der Waals surface area contributed by atoms with E-state index in [0.29, 0.717) is 18.1 Å². The maximum atomic E-state index is 12.9. The molecule has 0 aliphatic rings. The molecule has 0 fully saturated rings. The van der Waals surface area contributed by atoms with E-state index < -0.39 is 17.6 Å². The Hall–Kier alpha value is -1.86. The van der Waals surface area contributed by atoms with E-state index in [0.717, 1.165) is 17.0 Å². The molecule has 0 aromatic heterocycles. The van der Waals surface area contributed by atoms with Gasteiger partial charge in [-0.25, -0.2) is 0 Å². The third-order valence-corrected chi connectivity index (χ3v) is 4.75. The van der Waals surface area contributed by atoms with Crippen LogP contribution in [0.2, 0.25) is 5.02 Å². The molecule has 2 aromatic carbocycles. The lowest BCUT2D eigenvalue weighted by Gasteiger charge is -2.15. The average molecular weight is 404 g/mol. The normalized spacial score (nSPS) is 11.3. The minimum absolute atomic E-state index is 0.00182. The number of carbonyl (C=O) groups is 1. The van der Waals surface area contributed by atoms with Gasteiger partial charge in [-0.05, 0) is 36.8 Å². The monoisotopic (exact) mass is 403 g/mol. The molecule has 26 heavy (non-hydrogen) atoms. The number of rotatable bonds is 7. The number of hydrogen-bond acceptors (Lipinski definition) is 3.